The lowest BCUT2D eigenvalue weighted by Crippen LogP contribution is -1.94. The summed E-state index contributed by atoms with van der Waals surface area (Å²) in [7, 11) is 0. The number of nitrogens with zero attached hydrogens (tertiary/aromatic N) is 1. The molecule has 1 aromatic rings. The summed E-state index contributed by atoms with van der Waals surface area (Å²) in [6, 6.07) is 0. The van der Waals surface area contributed by atoms with Gasteiger partial charge in [-0.1, -0.05) is 31.1 Å². The first-order valence-corrected chi connectivity index (χ1v) is 6.44. The van der Waals surface area contributed by atoms with E-state index in [2.05, 4.69) is 24.1 Å². The average molecular weight is 228 g/mol. The summed E-state index contributed by atoms with van der Waals surface area (Å²) >= 11 is 1.67. The molecule has 0 aliphatic heterocycles. The second-order valence-corrected chi connectivity index (χ2v) is 4.54. The van der Waals surface area contributed by atoms with Gasteiger partial charge in [-0.05, 0) is 13.3 Å². The van der Waals surface area contributed by atoms with Crippen LogP contribution in [0.4, 0.5) is 5.13 Å². The number of rotatable bonds is 8. The third kappa shape index (κ3) is 5.14. The maximum atomic E-state index is 5.56. The van der Waals surface area contributed by atoms with E-state index >= 15 is 0 Å². The largest absolute Gasteiger partial charge is 0.376 e. The van der Waals surface area contributed by atoms with Crippen LogP contribution in [0, 0.1) is 0 Å². The van der Waals surface area contributed by atoms with Crippen LogP contribution in [0.25, 0.3) is 0 Å². The second-order valence-electron chi connectivity index (χ2n) is 3.42. The predicted molar refractivity (Wildman–Crippen MR) is 65.5 cm³/mol. The van der Waals surface area contributed by atoms with E-state index < -0.39 is 0 Å². The molecule has 3 nitrogen and oxygen atoms in total. The Morgan fingerprint density at radius 2 is 2.27 bits per heavy atom. The summed E-state index contributed by atoms with van der Waals surface area (Å²) in [5.74, 6) is 0. The molecule has 0 amide bonds. The Morgan fingerprint density at radius 1 is 1.40 bits per heavy atom. The van der Waals surface area contributed by atoms with Crippen LogP contribution in [0.2, 0.25) is 0 Å². The standard InChI is InChI=1S/C11H20N2OS/c1-3-5-6-7-14-9-10-8-13-11(15-10)12-4-2/h8H,3-7,9H2,1-2H3,(H,12,13). The van der Waals surface area contributed by atoms with Crippen molar-refractivity contribution in [3.05, 3.63) is 11.1 Å². The maximum Gasteiger partial charge on any atom is 0.182 e. The molecule has 0 aliphatic carbocycles. The van der Waals surface area contributed by atoms with Crippen molar-refractivity contribution in [2.75, 3.05) is 18.5 Å². The Hall–Kier alpha value is -0.610. The van der Waals surface area contributed by atoms with Crippen molar-refractivity contribution in [2.45, 2.75) is 39.7 Å². The molecule has 1 aromatic heterocycles. The molecule has 1 rings (SSSR count). The molecule has 0 atom stereocenters. The van der Waals surface area contributed by atoms with Gasteiger partial charge in [0.15, 0.2) is 5.13 Å². The molecule has 0 spiro atoms. The first kappa shape index (κ1) is 12.5. The number of hydrogen-bond acceptors (Lipinski definition) is 4. The van der Waals surface area contributed by atoms with Crippen LogP contribution in [0.15, 0.2) is 6.20 Å². The van der Waals surface area contributed by atoms with Gasteiger partial charge in [0.1, 0.15) is 0 Å². The third-order valence-electron chi connectivity index (χ3n) is 2.02. The van der Waals surface area contributed by atoms with E-state index in [-0.39, 0.29) is 0 Å². The summed E-state index contributed by atoms with van der Waals surface area (Å²) in [6.45, 7) is 6.76. The van der Waals surface area contributed by atoms with Crippen molar-refractivity contribution in [3.8, 4) is 0 Å². The number of nitrogens with one attached hydrogen (secondary N) is 1. The fourth-order valence-electron chi connectivity index (χ4n) is 1.23. The first-order valence-electron chi connectivity index (χ1n) is 5.63. The lowest BCUT2D eigenvalue weighted by Gasteiger charge is -2.00. The van der Waals surface area contributed by atoms with Gasteiger partial charge in [-0.25, -0.2) is 4.98 Å². The smallest absolute Gasteiger partial charge is 0.182 e. The summed E-state index contributed by atoms with van der Waals surface area (Å²) < 4.78 is 5.56. The summed E-state index contributed by atoms with van der Waals surface area (Å²) in [6.07, 6.45) is 5.55. The lowest BCUT2D eigenvalue weighted by molar-refractivity contribution is 0.119. The van der Waals surface area contributed by atoms with Crippen LogP contribution in [-0.4, -0.2) is 18.1 Å². The van der Waals surface area contributed by atoms with Gasteiger partial charge >= 0.3 is 0 Å². The van der Waals surface area contributed by atoms with Crippen LogP contribution in [0.5, 0.6) is 0 Å². The molecule has 0 unspecified atom stereocenters. The van der Waals surface area contributed by atoms with E-state index in [0.717, 1.165) is 24.7 Å². The Labute approximate surface area is 95.9 Å². The Bertz CT molecular complexity index is 263. The predicted octanol–water partition coefficient (Wildman–Crippen LogP) is 3.28. The van der Waals surface area contributed by atoms with E-state index in [1.807, 2.05) is 6.20 Å². The summed E-state index contributed by atoms with van der Waals surface area (Å²) in [5.41, 5.74) is 0. The van der Waals surface area contributed by atoms with Gasteiger partial charge in [0.2, 0.25) is 0 Å². The molecule has 1 heterocycles. The van der Waals surface area contributed by atoms with Crippen molar-refractivity contribution in [2.24, 2.45) is 0 Å². The van der Waals surface area contributed by atoms with E-state index in [1.165, 1.54) is 17.7 Å². The zero-order chi connectivity index (χ0) is 10.9. The number of thiazole rings is 1. The fourth-order valence-corrected chi connectivity index (χ4v) is 2.05. The topological polar surface area (TPSA) is 34.1 Å². The van der Waals surface area contributed by atoms with Gasteiger partial charge in [-0.2, -0.15) is 0 Å². The molecule has 4 heteroatoms. The van der Waals surface area contributed by atoms with Gasteiger partial charge in [0.25, 0.3) is 0 Å². The molecule has 86 valence electrons. The molecule has 15 heavy (non-hydrogen) atoms. The molecule has 0 bridgehead atoms. The Morgan fingerprint density at radius 3 is 3.00 bits per heavy atom. The third-order valence-corrected chi connectivity index (χ3v) is 2.95. The molecular formula is C11H20N2OS. The Balaban J connectivity index is 2.14. The van der Waals surface area contributed by atoms with E-state index in [4.69, 9.17) is 4.74 Å². The van der Waals surface area contributed by atoms with Crippen LogP contribution in [0.3, 0.4) is 0 Å². The van der Waals surface area contributed by atoms with Crippen molar-refractivity contribution in [1.82, 2.24) is 4.98 Å². The molecular weight excluding hydrogens is 208 g/mol. The van der Waals surface area contributed by atoms with Crippen molar-refractivity contribution in [3.63, 3.8) is 0 Å². The van der Waals surface area contributed by atoms with Gasteiger partial charge < -0.3 is 10.1 Å². The minimum atomic E-state index is 0.701. The SMILES string of the molecule is CCCCCOCc1cnc(NCC)s1. The van der Waals surface area contributed by atoms with E-state index in [9.17, 15) is 0 Å². The summed E-state index contributed by atoms with van der Waals surface area (Å²) in [5, 5.41) is 4.18. The van der Waals surface area contributed by atoms with Crippen LogP contribution < -0.4 is 5.32 Å². The molecule has 0 fully saturated rings. The van der Waals surface area contributed by atoms with E-state index in [1.54, 1.807) is 11.3 Å². The van der Waals surface area contributed by atoms with Crippen LogP contribution in [-0.2, 0) is 11.3 Å². The Kier molecular flexibility index (Phi) is 6.36. The number of aromatic nitrogens is 1. The van der Waals surface area contributed by atoms with Gasteiger partial charge in [0, 0.05) is 19.3 Å². The minimum absolute atomic E-state index is 0.701. The number of anilines is 1. The van der Waals surface area contributed by atoms with Crippen molar-refractivity contribution in [1.29, 1.82) is 0 Å². The first-order chi connectivity index (χ1) is 7.36. The zero-order valence-corrected chi connectivity index (χ0v) is 10.4. The highest BCUT2D eigenvalue weighted by Crippen LogP contribution is 2.18. The highest BCUT2D eigenvalue weighted by atomic mass is 32.1. The average Bonchev–Trinajstić information content (AvgIpc) is 2.66. The highest BCUT2D eigenvalue weighted by Gasteiger charge is 2.00. The van der Waals surface area contributed by atoms with Gasteiger partial charge in [-0.15, -0.1) is 0 Å². The molecule has 0 saturated carbocycles. The highest BCUT2D eigenvalue weighted by molar-refractivity contribution is 7.15. The number of ether oxygens (including phenoxy) is 1. The van der Waals surface area contributed by atoms with Gasteiger partial charge in [0.05, 0.1) is 11.5 Å². The fraction of sp³-hybridized carbons (Fsp3) is 0.727. The molecule has 0 radical (unpaired) electrons. The zero-order valence-electron chi connectivity index (χ0n) is 9.58. The van der Waals surface area contributed by atoms with Crippen molar-refractivity contribution < 1.29 is 4.74 Å². The van der Waals surface area contributed by atoms with E-state index in [0.29, 0.717) is 6.61 Å². The normalized spacial score (nSPS) is 10.5. The molecule has 0 aromatic carbocycles. The number of hydrogen-bond donors (Lipinski definition) is 1. The molecule has 0 saturated heterocycles. The van der Waals surface area contributed by atoms with Gasteiger partial charge in [-0.3, -0.25) is 0 Å². The van der Waals surface area contributed by atoms with Crippen LogP contribution >= 0.6 is 11.3 Å². The summed E-state index contributed by atoms with van der Waals surface area (Å²) in [4.78, 5) is 5.45. The lowest BCUT2D eigenvalue weighted by atomic mass is 10.3. The van der Waals surface area contributed by atoms with Crippen LogP contribution in [0.1, 0.15) is 38.0 Å². The molecule has 1 N–H and O–H groups in total. The second kappa shape index (κ2) is 7.65. The minimum Gasteiger partial charge on any atom is -0.376 e. The monoisotopic (exact) mass is 228 g/mol. The maximum absolute atomic E-state index is 5.56. The quantitative estimate of drug-likeness (QED) is 0.693. The molecule has 0 aliphatic rings. The number of unbranched alkanes of at least 4 members (excludes halogenated alkanes) is 2. The van der Waals surface area contributed by atoms with Crippen molar-refractivity contribution >= 4 is 16.5 Å².